The number of ether oxygens (including phenoxy) is 1. The lowest BCUT2D eigenvalue weighted by Gasteiger charge is -2.52. The maximum atomic E-state index is 11.5. The molecule has 0 bridgehead atoms. The summed E-state index contributed by atoms with van der Waals surface area (Å²) in [6.45, 7) is 0.879. The third-order valence-electron chi connectivity index (χ3n) is 3.28. The first-order valence-corrected chi connectivity index (χ1v) is 6.38. The minimum atomic E-state index is -1.43. The molecule has 8 heteroatoms. The molecule has 3 atom stereocenters. The predicted octanol–water partition coefficient (Wildman–Crippen LogP) is -0.789. The fraction of sp³-hybridized carbons (Fsp3) is 0.700. The average Bonchev–Trinajstić information content (AvgIpc) is 2.27. The van der Waals surface area contributed by atoms with E-state index in [4.69, 9.17) is 10.5 Å². The van der Waals surface area contributed by atoms with Crippen molar-refractivity contribution in [3.63, 3.8) is 0 Å². The maximum absolute atomic E-state index is 11.5. The van der Waals surface area contributed by atoms with Gasteiger partial charge in [0, 0.05) is 13.5 Å². The summed E-state index contributed by atoms with van der Waals surface area (Å²) >= 11 is 1.24. The molecule has 0 aromatic carbocycles. The molecule has 2 unspecified atom stereocenters. The number of nitrogens with zero attached hydrogens (tertiary/aromatic N) is 1. The lowest BCUT2D eigenvalue weighted by Crippen LogP contribution is -2.67. The number of amides is 1. The van der Waals surface area contributed by atoms with Crippen LogP contribution in [0, 0.1) is 5.41 Å². The Hall–Kier alpha value is -1.28. The molecule has 0 saturated carbocycles. The number of rotatable bonds is 3. The van der Waals surface area contributed by atoms with Crippen molar-refractivity contribution in [1.29, 1.82) is 0 Å². The predicted molar refractivity (Wildman–Crippen MR) is 62.4 cm³/mol. The van der Waals surface area contributed by atoms with E-state index in [0.717, 1.165) is 0 Å². The maximum Gasteiger partial charge on any atom is 0.317 e. The summed E-state index contributed by atoms with van der Waals surface area (Å²) in [6, 6.07) is 0. The van der Waals surface area contributed by atoms with E-state index in [1.165, 1.54) is 23.6 Å². The molecule has 2 rings (SSSR count). The van der Waals surface area contributed by atoms with Gasteiger partial charge in [-0.05, 0) is 0 Å². The van der Waals surface area contributed by atoms with Gasteiger partial charge in [-0.25, -0.2) is 0 Å². The molecule has 3 N–H and O–H groups in total. The minimum Gasteiger partial charge on any atom is -0.481 e. The summed E-state index contributed by atoms with van der Waals surface area (Å²) in [5, 5.41) is 8.61. The molecule has 7 nitrogen and oxygen atoms in total. The number of fused-ring (bicyclic) bond motifs is 1. The van der Waals surface area contributed by atoms with Crippen LogP contribution >= 0.6 is 11.8 Å². The lowest BCUT2D eigenvalue weighted by atomic mass is 9.86. The molecule has 18 heavy (non-hydrogen) atoms. The van der Waals surface area contributed by atoms with Gasteiger partial charge in [0.15, 0.2) is 0 Å². The van der Waals surface area contributed by atoms with Crippen molar-refractivity contribution in [2.24, 2.45) is 11.1 Å². The molecule has 2 fully saturated rings. The van der Waals surface area contributed by atoms with Gasteiger partial charge < -0.3 is 20.5 Å². The van der Waals surface area contributed by atoms with Crippen molar-refractivity contribution in [2.75, 3.05) is 13.2 Å². The lowest BCUT2D eigenvalue weighted by molar-refractivity contribution is -0.164. The van der Waals surface area contributed by atoms with E-state index in [-0.39, 0.29) is 24.4 Å². The molecule has 0 aromatic heterocycles. The van der Waals surface area contributed by atoms with Crippen LogP contribution in [0.4, 0.5) is 0 Å². The number of esters is 1. The molecule has 0 spiro atoms. The molecular formula is C10H14N2O5S. The number of carboxylic acids is 1. The average molecular weight is 274 g/mol. The van der Waals surface area contributed by atoms with Crippen LogP contribution in [0.25, 0.3) is 0 Å². The Labute approximate surface area is 108 Å². The monoisotopic (exact) mass is 274 g/mol. The summed E-state index contributed by atoms with van der Waals surface area (Å²) < 4.78 is 4.81. The van der Waals surface area contributed by atoms with Crippen molar-refractivity contribution in [3.8, 4) is 0 Å². The molecule has 100 valence electrons. The Balaban J connectivity index is 2.19. The third kappa shape index (κ3) is 1.95. The second kappa shape index (κ2) is 4.43. The van der Waals surface area contributed by atoms with Gasteiger partial charge in [-0.1, -0.05) is 0 Å². The fourth-order valence-corrected chi connectivity index (χ4v) is 3.46. The first kappa shape index (κ1) is 13.2. The van der Waals surface area contributed by atoms with Crippen molar-refractivity contribution in [3.05, 3.63) is 0 Å². The number of thioether (sulfide) groups is 1. The van der Waals surface area contributed by atoms with Crippen LogP contribution in [0.3, 0.4) is 0 Å². The van der Waals surface area contributed by atoms with Gasteiger partial charge in [0.2, 0.25) is 5.91 Å². The summed E-state index contributed by atoms with van der Waals surface area (Å²) in [5.41, 5.74) is 4.46. The van der Waals surface area contributed by atoms with Crippen LogP contribution in [0.15, 0.2) is 0 Å². The molecule has 0 aromatic rings. The van der Waals surface area contributed by atoms with E-state index in [1.807, 2.05) is 0 Å². The highest BCUT2D eigenvalue weighted by atomic mass is 32.2. The number of carbonyl (C=O) groups excluding carboxylic acids is 2. The van der Waals surface area contributed by atoms with E-state index < -0.39 is 22.7 Å². The second-order valence-corrected chi connectivity index (χ2v) is 5.80. The molecule has 0 aliphatic carbocycles. The summed E-state index contributed by atoms with van der Waals surface area (Å²) in [6.07, 6.45) is 0.391. The van der Waals surface area contributed by atoms with Crippen LogP contribution in [0.1, 0.15) is 13.3 Å². The summed E-state index contributed by atoms with van der Waals surface area (Å²) in [4.78, 5) is 35.2. The Morgan fingerprint density at radius 1 is 1.67 bits per heavy atom. The van der Waals surface area contributed by atoms with Crippen molar-refractivity contribution in [1.82, 2.24) is 4.90 Å². The standard InChI is InChI=1S/C10H14N2O5S/c1-5(13)17-4-10(9(15)16)3-12-6(14)2-7(12)18-8(10)11/h7-8H,2-4,11H2,1H3,(H,15,16)/t7-,8?,10?/m1/s1. The SMILES string of the molecule is CC(=O)OCC1(C(=O)O)CN2C(=O)C[C@H]2SC1N. The second-order valence-electron chi connectivity index (χ2n) is 4.48. The largest absolute Gasteiger partial charge is 0.481 e. The minimum absolute atomic E-state index is 0.00667. The molecular weight excluding hydrogens is 260 g/mol. The Bertz CT molecular complexity index is 415. The normalized spacial score (nSPS) is 34.6. The Morgan fingerprint density at radius 3 is 2.83 bits per heavy atom. The zero-order chi connectivity index (χ0) is 13.5. The van der Waals surface area contributed by atoms with Gasteiger partial charge in [-0.2, -0.15) is 0 Å². The number of carboxylic acid groups (broad SMARTS) is 1. The van der Waals surface area contributed by atoms with Crippen LogP contribution < -0.4 is 5.73 Å². The Kier molecular flexibility index (Phi) is 3.24. The van der Waals surface area contributed by atoms with Crippen LogP contribution in [0.2, 0.25) is 0 Å². The van der Waals surface area contributed by atoms with E-state index in [9.17, 15) is 19.5 Å². The fourth-order valence-electron chi connectivity index (χ4n) is 2.04. The van der Waals surface area contributed by atoms with Crippen molar-refractivity contribution in [2.45, 2.75) is 24.1 Å². The van der Waals surface area contributed by atoms with Crippen molar-refractivity contribution >= 4 is 29.6 Å². The van der Waals surface area contributed by atoms with Gasteiger partial charge in [0.25, 0.3) is 0 Å². The summed E-state index contributed by atoms with van der Waals surface area (Å²) in [5.74, 6) is -1.81. The molecule has 2 heterocycles. The van der Waals surface area contributed by atoms with E-state index in [0.29, 0.717) is 6.42 Å². The smallest absolute Gasteiger partial charge is 0.317 e. The van der Waals surface area contributed by atoms with Gasteiger partial charge in [-0.3, -0.25) is 14.4 Å². The Morgan fingerprint density at radius 2 is 2.33 bits per heavy atom. The highest BCUT2D eigenvalue weighted by Crippen LogP contribution is 2.45. The molecule has 0 radical (unpaired) electrons. The number of β-lactam (4-membered cyclic amide) rings is 1. The number of nitrogens with two attached hydrogens (primary N) is 1. The highest BCUT2D eigenvalue weighted by Gasteiger charge is 2.57. The van der Waals surface area contributed by atoms with Crippen molar-refractivity contribution < 1.29 is 24.2 Å². The zero-order valence-corrected chi connectivity index (χ0v) is 10.6. The number of aliphatic carboxylic acids is 1. The van der Waals surface area contributed by atoms with Gasteiger partial charge in [0.05, 0.1) is 17.2 Å². The first-order valence-electron chi connectivity index (χ1n) is 5.44. The number of hydrogen-bond donors (Lipinski definition) is 2. The van der Waals surface area contributed by atoms with Crippen LogP contribution in [-0.2, 0) is 19.1 Å². The topological polar surface area (TPSA) is 110 Å². The van der Waals surface area contributed by atoms with E-state index >= 15 is 0 Å². The number of carbonyl (C=O) groups is 3. The molecule has 2 saturated heterocycles. The highest BCUT2D eigenvalue weighted by molar-refractivity contribution is 8.00. The van der Waals surface area contributed by atoms with Gasteiger partial charge in [-0.15, -0.1) is 11.8 Å². The van der Waals surface area contributed by atoms with E-state index in [2.05, 4.69) is 0 Å². The summed E-state index contributed by atoms with van der Waals surface area (Å²) in [7, 11) is 0. The molecule has 2 aliphatic rings. The van der Waals surface area contributed by atoms with Crippen LogP contribution in [-0.4, -0.2) is 51.8 Å². The first-order chi connectivity index (χ1) is 8.36. The van der Waals surface area contributed by atoms with E-state index in [1.54, 1.807) is 0 Å². The molecule has 1 amide bonds. The van der Waals surface area contributed by atoms with Gasteiger partial charge >= 0.3 is 11.9 Å². The van der Waals surface area contributed by atoms with Gasteiger partial charge in [0.1, 0.15) is 12.0 Å². The van der Waals surface area contributed by atoms with Crippen LogP contribution in [0.5, 0.6) is 0 Å². The zero-order valence-electron chi connectivity index (χ0n) is 9.79. The number of hydrogen-bond acceptors (Lipinski definition) is 6. The third-order valence-corrected chi connectivity index (χ3v) is 4.76. The molecule has 2 aliphatic heterocycles. The quantitative estimate of drug-likeness (QED) is 0.512.